The number of hydrogen-bond donors (Lipinski definition) is 0. The van der Waals surface area contributed by atoms with Crippen LogP contribution in [0, 0.1) is 5.92 Å². The average Bonchev–Trinajstić information content (AvgIpc) is 3.25. The number of carbonyl (C=O) groups excluding carboxylic acids is 1. The van der Waals surface area contributed by atoms with Crippen molar-refractivity contribution in [2.75, 3.05) is 46.3 Å². The quantitative estimate of drug-likeness (QED) is 0.679. The number of nitrogens with zero attached hydrogens (tertiary/aromatic N) is 3. The standard InChI is InChI=1S/C22H35N3O3S/c1-18(2)19-6-8-21(9-7-19)29(27,28)25-14-10-20(11-15-25)22(26)23(3)16-17-24-12-4-5-13-24/h6-9,18,20H,4-5,10-17H2,1-3H3. The van der Waals surface area contributed by atoms with Gasteiger partial charge in [0.05, 0.1) is 4.90 Å². The van der Waals surface area contributed by atoms with Crippen molar-refractivity contribution in [1.29, 1.82) is 0 Å². The molecule has 162 valence electrons. The second-order valence-electron chi connectivity index (χ2n) is 8.71. The van der Waals surface area contributed by atoms with Crippen molar-refractivity contribution in [2.45, 2.75) is 50.3 Å². The van der Waals surface area contributed by atoms with E-state index < -0.39 is 10.0 Å². The lowest BCUT2D eigenvalue weighted by molar-refractivity contribution is -0.135. The maximum absolute atomic E-state index is 13.0. The van der Waals surface area contributed by atoms with Crippen LogP contribution in [0.3, 0.4) is 0 Å². The van der Waals surface area contributed by atoms with E-state index in [0.717, 1.165) is 31.7 Å². The predicted octanol–water partition coefficient (Wildman–Crippen LogP) is 2.76. The second-order valence-corrected chi connectivity index (χ2v) is 10.6. The van der Waals surface area contributed by atoms with Crippen LogP contribution >= 0.6 is 0 Å². The first-order valence-corrected chi connectivity index (χ1v) is 12.3. The summed E-state index contributed by atoms with van der Waals surface area (Å²) in [4.78, 5) is 17.3. The molecule has 0 N–H and O–H groups in total. The van der Waals surface area contributed by atoms with Gasteiger partial charge in [-0.1, -0.05) is 26.0 Å². The second kappa shape index (κ2) is 9.58. The molecule has 0 aliphatic carbocycles. The highest BCUT2D eigenvalue weighted by Gasteiger charge is 2.33. The van der Waals surface area contributed by atoms with E-state index in [4.69, 9.17) is 0 Å². The maximum atomic E-state index is 13.0. The number of hydrogen-bond acceptors (Lipinski definition) is 4. The molecule has 0 bridgehead atoms. The molecule has 0 saturated carbocycles. The number of piperidine rings is 1. The Morgan fingerprint density at radius 1 is 1.07 bits per heavy atom. The predicted molar refractivity (Wildman–Crippen MR) is 115 cm³/mol. The third-order valence-corrected chi connectivity index (χ3v) is 8.23. The summed E-state index contributed by atoms with van der Waals surface area (Å²) in [6.07, 6.45) is 3.70. The van der Waals surface area contributed by atoms with Gasteiger partial charge in [-0.15, -0.1) is 0 Å². The van der Waals surface area contributed by atoms with Gasteiger partial charge in [-0.25, -0.2) is 8.42 Å². The molecule has 1 aromatic rings. The minimum atomic E-state index is -3.49. The molecule has 1 amide bonds. The van der Waals surface area contributed by atoms with Crippen molar-refractivity contribution in [3.63, 3.8) is 0 Å². The lowest BCUT2D eigenvalue weighted by Crippen LogP contribution is -2.44. The molecule has 29 heavy (non-hydrogen) atoms. The highest BCUT2D eigenvalue weighted by molar-refractivity contribution is 7.89. The largest absolute Gasteiger partial charge is 0.344 e. The highest BCUT2D eigenvalue weighted by Crippen LogP contribution is 2.26. The number of amides is 1. The summed E-state index contributed by atoms with van der Waals surface area (Å²) < 4.78 is 27.4. The van der Waals surface area contributed by atoms with Crippen LogP contribution in [-0.4, -0.2) is 74.7 Å². The van der Waals surface area contributed by atoms with Gasteiger partial charge in [0.1, 0.15) is 0 Å². The van der Waals surface area contributed by atoms with E-state index in [0.29, 0.717) is 36.7 Å². The first-order chi connectivity index (χ1) is 13.8. The van der Waals surface area contributed by atoms with E-state index in [1.54, 1.807) is 12.1 Å². The molecule has 7 heteroatoms. The van der Waals surface area contributed by atoms with Crippen LogP contribution < -0.4 is 0 Å². The third-order valence-electron chi connectivity index (χ3n) is 6.31. The van der Waals surface area contributed by atoms with Crippen LogP contribution in [0.25, 0.3) is 0 Å². The van der Waals surface area contributed by atoms with Crippen LogP contribution in [0.15, 0.2) is 29.2 Å². The number of benzene rings is 1. The van der Waals surface area contributed by atoms with Crippen molar-refractivity contribution in [2.24, 2.45) is 5.92 Å². The molecule has 0 spiro atoms. The Morgan fingerprint density at radius 3 is 2.21 bits per heavy atom. The summed E-state index contributed by atoms with van der Waals surface area (Å²) >= 11 is 0. The van der Waals surface area contributed by atoms with E-state index >= 15 is 0 Å². The Hall–Kier alpha value is -1.44. The Balaban J connectivity index is 1.52. The Labute approximate surface area is 175 Å². The number of carbonyl (C=O) groups is 1. The molecule has 2 aliphatic rings. The van der Waals surface area contributed by atoms with Gasteiger partial charge in [0.15, 0.2) is 0 Å². The first kappa shape index (κ1) is 22.2. The third kappa shape index (κ3) is 5.38. The van der Waals surface area contributed by atoms with Gasteiger partial charge in [0.2, 0.25) is 15.9 Å². The van der Waals surface area contributed by atoms with Crippen LogP contribution in [0.4, 0.5) is 0 Å². The molecule has 2 aliphatic heterocycles. The van der Waals surface area contributed by atoms with Gasteiger partial charge >= 0.3 is 0 Å². The summed E-state index contributed by atoms with van der Waals surface area (Å²) in [6.45, 7) is 8.95. The molecule has 2 fully saturated rings. The monoisotopic (exact) mass is 421 g/mol. The Kier molecular flexibility index (Phi) is 7.35. The van der Waals surface area contributed by atoms with Gasteiger partial charge in [0, 0.05) is 39.1 Å². The summed E-state index contributed by atoms with van der Waals surface area (Å²) in [5.74, 6) is 0.451. The highest BCUT2D eigenvalue weighted by atomic mass is 32.2. The maximum Gasteiger partial charge on any atom is 0.243 e. The molecule has 0 radical (unpaired) electrons. The van der Waals surface area contributed by atoms with Gasteiger partial charge in [0.25, 0.3) is 0 Å². The summed E-state index contributed by atoms with van der Waals surface area (Å²) in [5.41, 5.74) is 1.13. The van der Waals surface area contributed by atoms with E-state index in [-0.39, 0.29) is 11.8 Å². The molecule has 3 rings (SSSR count). The van der Waals surface area contributed by atoms with Crippen molar-refractivity contribution in [3.8, 4) is 0 Å². The fourth-order valence-electron chi connectivity index (χ4n) is 4.24. The molecule has 1 aromatic carbocycles. The number of rotatable bonds is 7. The molecule has 2 saturated heterocycles. The Morgan fingerprint density at radius 2 is 1.66 bits per heavy atom. The minimum Gasteiger partial charge on any atom is -0.344 e. The zero-order valence-electron chi connectivity index (χ0n) is 18.0. The fourth-order valence-corrected chi connectivity index (χ4v) is 5.71. The molecular weight excluding hydrogens is 386 g/mol. The van der Waals surface area contributed by atoms with Crippen molar-refractivity contribution >= 4 is 15.9 Å². The lowest BCUT2D eigenvalue weighted by Gasteiger charge is -2.33. The topological polar surface area (TPSA) is 60.9 Å². The van der Waals surface area contributed by atoms with E-state index in [2.05, 4.69) is 18.7 Å². The smallest absolute Gasteiger partial charge is 0.243 e. The SMILES string of the molecule is CC(C)c1ccc(S(=O)(=O)N2CCC(C(=O)N(C)CCN3CCCC3)CC2)cc1. The van der Waals surface area contributed by atoms with Crippen LogP contribution in [0.1, 0.15) is 51.0 Å². The minimum absolute atomic E-state index is 0.0756. The molecule has 0 aromatic heterocycles. The van der Waals surface area contributed by atoms with Crippen molar-refractivity contribution in [1.82, 2.24) is 14.1 Å². The summed E-state index contributed by atoms with van der Waals surface area (Å²) in [5, 5.41) is 0. The van der Waals surface area contributed by atoms with Crippen LogP contribution in [0.2, 0.25) is 0 Å². The lowest BCUT2D eigenvalue weighted by atomic mass is 9.97. The van der Waals surface area contributed by atoms with E-state index in [9.17, 15) is 13.2 Å². The number of sulfonamides is 1. The van der Waals surface area contributed by atoms with Crippen LogP contribution in [0.5, 0.6) is 0 Å². The van der Waals surface area contributed by atoms with Gasteiger partial charge in [-0.2, -0.15) is 4.31 Å². The molecule has 6 nitrogen and oxygen atoms in total. The van der Waals surface area contributed by atoms with Crippen molar-refractivity contribution < 1.29 is 13.2 Å². The summed E-state index contributed by atoms with van der Waals surface area (Å²) in [7, 11) is -1.62. The molecule has 0 unspecified atom stereocenters. The van der Waals surface area contributed by atoms with Gasteiger partial charge in [-0.05, 0) is 62.4 Å². The molecule has 0 atom stereocenters. The van der Waals surface area contributed by atoms with Gasteiger partial charge in [-0.3, -0.25) is 4.79 Å². The van der Waals surface area contributed by atoms with Crippen LogP contribution in [-0.2, 0) is 14.8 Å². The van der Waals surface area contributed by atoms with Crippen molar-refractivity contribution in [3.05, 3.63) is 29.8 Å². The summed E-state index contributed by atoms with van der Waals surface area (Å²) in [6, 6.07) is 7.19. The van der Waals surface area contributed by atoms with Gasteiger partial charge < -0.3 is 9.80 Å². The Bertz CT molecular complexity index is 778. The number of likely N-dealkylation sites (tertiary alicyclic amines) is 1. The zero-order valence-corrected chi connectivity index (χ0v) is 18.8. The fraction of sp³-hybridized carbons (Fsp3) is 0.682. The molecular formula is C22H35N3O3S. The number of likely N-dealkylation sites (N-methyl/N-ethyl adjacent to an activating group) is 1. The zero-order chi connectivity index (χ0) is 21.0. The van der Waals surface area contributed by atoms with E-state index in [1.807, 2.05) is 24.1 Å². The normalized spacial score (nSPS) is 19.7. The first-order valence-electron chi connectivity index (χ1n) is 10.9. The molecule has 2 heterocycles. The average molecular weight is 422 g/mol. The van der Waals surface area contributed by atoms with E-state index in [1.165, 1.54) is 17.1 Å².